The van der Waals surface area contributed by atoms with Crippen molar-refractivity contribution in [1.29, 1.82) is 0 Å². The van der Waals surface area contributed by atoms with Gasteiger partial charge in [-0.1, -0.05) is 72.8 Å². The SMILES string of the molecule is C=C[C@H](c1ccccc1)[C@@H]1OC(C)(C)O[C@H]1[C@H](C=C)c1ccccc1. The van der Waals surface area contributed by atoms with Crippen LogP contribution in [0.25, 0.3) is 0 Å². The highest BCUT2D eigenvalue weighted by Gasteiger charge is 2.47. The number of hydrogen-bond donors (Lipinski definition) is 0. The zero-order valence-corrected chi connectivity index (χ0v) is 15.0. The van der Waals surface area contributed by atoms with Crippen molar-refractivity contribution in [1.82, 2.24) is 0 Å². The average Bonchev–Trinajstić information content (AvgIpc) is 2.93. The molecular formula is C23H26O2. The molecule has 0 amide bonds. The van der Waals surface area contributed by atoms with Crippen LogP contribution in [-0.2, 0) is 9.47 Å². The fraction of sp³-hybridized carbons (Fsp3) is 0.304. The number of rotatable bonds is 6. The van der Waals surface area contributed by atoms with Crippen LogP contribution in [0.4, 0.5) is 0 Å². The van der Waals surface area contributed by atoms with Crippen molar-refractivity contribution in [2.75, 3.05) is 0 Å². The van der Waals surface area contributed by atoms with E-state index in [-0.39, 0.29) is 24.0 Å². The van der Waals surface area contributed by atoms with Crippen LogP contribution in [-0.4, -0.2) is 18.0 Å². The summed E-state index contributed by atoms with van der Waals surface area (Å²) >= 11 is 0. The molecule has 0 unspecified atom stereocenters. The third-order valence-corrected chi connectivity index (χ3v) is 4.75. The summed E-state index contributed by atoms with van der Waals surface area (Å²) in [6.07, 6.45) is 3.67. The summed E-state index contributed by atoms with van der Waals surface area (Å²) in [7, 11) is 0. The Bertz CT molecular complexity index is 644. The molecule has 0 aliphatic carbocycles. The van der Waals surface area contributed by atoms with E-state index in [1.165, 1.54) is 11.1 Å². The standard InChI is InChI=1S/C23H26O2/c1-5-19(17-13-9-7-10-14-17)21-22(25-23(3,4)24-21)20(6-2)18-15-11-8-12-16-18/h5-16,19-22H,1-2H2,3-4H3/t19-,20-,21+,22+/m1/s1. The van der Waals surface area contributed by atoms with Crippen molar-refractivity contribution in [2.45, 2.75) is 43.7 Å². The molecule has 1 aliphatic heterocycles. The summed E-state index contributed by atoms with van der Waals surface area (Å²) in [5.74, 6) is -0.528. The summed E-state index contributed by atoms with van der Waals surface area (Å²) in [5, 5.41) is 0. The smallest absolute Gasteiger partial charge is 0.163 e. The Kier molecular flexibility index (Phi) is 5.22. The second-order valence-electron chi connectivity index (χ2n) is 6.91. The van der Waals surface area contributed by atoms with E-state index in [2.05, 4.69) is 37.4 Å². The average molecular weight is 334 g/mol. The second-order valence-corrected chi connectivity index (χ2v) is 6.91. The number of hydrogen-bond acceptors (Lipinski definition) is 2. The maximum absolute atomic E-state index is 6.33. The minimum absolute atomic E-state index is 0.0548. The van der Waals surface area contributed by atoms with Crippen molar-refractivity contribution in [3.05, 3.63) is 97.1 Å². The summed E-state index contributed by atoms with van der Waals surface area (Å²) < 4.78 is 12.7. The van der Waals surface area contributed by atoms with Gasteiger partial charge in [0.05, 0.1) is 12.2 Å². The van der Waals surface area contributed by atoms with E-state index in [4.69, 9.17) is 9.47 Å². The fourth-order valence-electron chi connectivity index (χ4n) is 3.64. The molecule has 25 heavy (non-hydrogen) atoms. The third kappa shape index (κ3) is 3.76. The van der Waals surface area contributed by atoms with Crippen LogP contribution in [0.1, 0.15) is 36.8 Å². The molecule has 1 aliphatic rings. The van der Waals surface area contributed by atoms with Gasteiger partial charge in [-0.05, 0) is 25.0 Å². The molecular weight excluding hydrogens is 308 g/mol. The lowest BCUT2D eigenvalue weighted by Gasteiger charge is -2.28. The highest BCUT2D eigenvalue weighted by Crippen LogP contribution is 2.42. The summed E-state index contributed by atoms with van der Waals surface area (Å²) in [6, 6.07) is 20.7. The molecule has 2 aromatic rings. The molecule has 0 spiro atoms. The normalized spacial score (nSPS) is 24.4. The third-order valence-electron chi connectivity index (χ3n) is 4.75. The first-order valence-corrected chi connectivity index (χ1v) is 8.76. The summed E-state index contributed by atoms with van der Waals surface area (Å²) in [4.78, 5) is 0. The Morgan fingerprint density at radius 2 is 1.12 bits per heavy atom. The van der Waals surface area contributed by atoms with Gasteiger partial charge < -0.3 is 9.47 Å². The Labute approximate surface area is 150 Å². The van der Waals surface area contributed by atoms with E-state index in [1.54, 1.807) is 0 Å². The van der Waals surface area contributed by atoms with Crippen molar-refractivity contribution >= 4 is 0 Å². The van der Waals surface area contributed by atoms with Crippen LogP contribution >= 0.6 is 0 Å². The Hall–Kier alpha value is -2.16. The fourth-order valence-corrected chi connectivity index (χ4v) is 3.64. The quantitative estimate of drug-likeness (QED) is 0.654. The van der Waals surface area contributed by atoms with Crippen LogP contribution in [0.3, 0.4) is 0 Å². The van der Waals surface area contributed by atoms with Crippen LogP contribution in [0, 0.1) is 0 Å². The van der Waals surface area contributed by atoms with Crippen LogP contribution in [0.15, 0.2) is 86.0 Å². The Balaban J connectivity index is 1.98. The highest BCUT2D eigenvalue weighted by molar-refractivity contribution is 5.30. The molecule has 0 bridgehead atoms. The van der Waals surface area contributed by atoms with Gasteiger partial charge in [0.1, 0.15) is 0 Å². The Morgan fingerprint density at radius 1 is 0.760 bits per heavy atom. The topological polar surface area (TPSA) is 18.5 Å². The van der Waals surface area contributed by atoms with Gasteiger partial charge in [0, 0.05) is 11.8 Å². The molecule has 1 saturated heterocycles. The Morgan fingerprint density at radius 3 is 1.44 bits per heavy atom. The van der Waals surface area contributed by atoms with Gasteiger partial charge in [-0.2, -0.15) is 0 Å². The lowest BCUT2D eigenvalue weighted by Crippen LogP contribution is -2.33. The lowest BCUT2D eigenvalue weighted by molar-refractivity contribution is -0.147. The number of benzene rings is 2. The molecule has 2 nitrogen and oxygen atoms in total. The first-order chi connectivity index (χ1) is 12.1. The molecule has 2 heteroatoms. The van der Waals surface area contributed by atoms with Gasteiger partial charge in [0.25, 0.3) is 0 Å². The molecule has 4 atom stereocenters. The molecule has 2 aromatic carbocycles. The molecule has 1 fully saturated rings. The molecule has 3 rings (SSSR count). The molecule has 130 valence electrons. The van der Waals surface area contributed by atoms with Crippen LogP contribution in [0.5, 0.6) is 0 Å². The van der Waals surface area contributed by atoms with Crippen molar-refractivity contribution in [2.24, 2.45) is 0 Å². The van der Waals surface area contributed by atoms with Gasteiger partial charge in [-0.3, -0.25) is 0 Å². The van der Waals surface area contributed by atoms with Crippen LogP contribution < -0.4 is 0 Å². The van der Waals surface area contributed by atoms with E-state index >= 15 is 0 Å². The van der Waals surface area contributed by atoms with Gasteiger partial charge in [0.15, 0.2) is 5.79 Å². The minimum Gasteiger partial charge on any atom is -0.344 e. The second kappa shape index (κ2) is 7.38. The number of ether oxygens (including phenoxy) is 2. The summed E-state index contributed by atoms with van der Waals surface area (Å²) in [5.41, 5.74) is 2.37. The predicted octanol–water partition coefficient (Wildman–Crippen LogP) is 5.45. The van der Waals surface area contributed by atoms with Gasteiger partial charge >= 0.3 is 0 Å². The van der Waals surface area contributed by atoms with E-state index in [1.807, 2.05) is 62.4 Å². The molecule has 0 radical (unpaired) electrons. The first-order valence-electron chi connectivity index (χ1n) is 8.76. The van der Waals surface area contributed by atoms with Gasteiger partial charge in [0.2, 0.25) is 0 Å². The minimum atomic E-state index is -0.637. The first kappa shape index (κ1) is 17.7. The van der Waals surface area contributed by atoms with E-state index in [0.29, 0.717) is 0 Å². The highest BCUT2D eigenvalue weighted by atomic mass is 16.8. The zero-order valence-electron chi connectivity index (χ0n) is 15.0. The molecule has 1 heterocycles. The van der Waals surface area contributed by atoms with E-state index < -0.39 is 5.79 Å². The molecule has 0 N–H and O–H groups in total. The van der Waals surface area contributed by atoms with E-state index in [9.17, 15) is 0 Å². The zero-order chi connectivity index (χ0) is 17.9. The van der Waals surface area contributed by atoms with Gasteiger partial charge in [-0.15, -0.1) is 13.2 Å². The van der Waals surface area contributed by atoms with Gasteiger partial charge in [-0.25, -0.2) is 0 Å². The van der Waals surface area contributed by atoms with Crippen molar-refractivity contribution < 1.29 is 9.47 Å². The summed E-state index contributed by atoms with van der Waals surface area (Å²) in [6.45, 7) is 12.1. The molecule has 0 aromatic heterocycles. The van der Waals surface area contributed by atoms with Crippen molar-refractivity contribution in [3.8, 4) is 0 Å². The van der Waals surface area contributed by atoms with Crippen LogP contribution in [0.2, 0.25) is 0 Å². The monoisotopic (exact) mass is 334 g/mol. The maximum Gasteiger partial charge on any atom is 0.163 e. The lowest BCUT2D eigenvalue weighted by atomic mass is 9.83. The molecule has 0 saturated carbocycles. The van der Waals surface area contributed by atoms with E-state index in [0.717, 1.165) is 0 Å². The van der Waals surface area contributed by atoms with Crippen molar-refractivity contribution in [3.63, 3.8) is 0 Å². The maximum atomic E-state index is 6.33. The largest absolute Gasteiger partial charge is 0.344 e. The predicted molar refractivity (Wildman–Crippen MR) is 103 cm³/mol.